The van der Waals surface area contributed by atoms with Crippen LogP contribution in [0.15, 0.2) is 41.9 Å². The summed E-state index contributed by atoms with van der Waals surface area (Å²) in [4.78, 5) is 30.3. The highest BCUT2D eigenvalue weighted by Crippen LogP contribution is 2.13. The van der Waals surface area contributed by atoms with Crippen LogP contribution in [0.3, 0.4) is 0 Å². The summed E-state index contributed by atoms with van der Waals surface area (Å²) in [7, 11) is 0. The highest BCUT2D eigenvalue weighted by molar-refractivity contribution is 7.13. The fourth-order valence-electron chi connectivity index (χ4n) is 3.08. The maximum Gasteiger partial charge on any atom is 0.240 e. The first-order chi connectivity index (χ1) is 12.7. The molecular weight excluding hydrogens is 348 g/mol. The number of anilines is 1. The summed E-state index contributed by atoms with van der Waals surface area (Å²) in [5.41, 5.74) is 1.18. The van der Waals surface area contributed by atoms with Crippen LogP contribution < -0.4 is 10.6 Å². The Morgan fingerprint density at radius 3 is 2.62 bits per heavy atom. The van der Waals surface area contributed by atoms with Crippen molar-refractivity contribution in [2.24, 2.45) is 0 Å². The van der Waals surface area contributed by atoms with Crippen molar-refractivity contribution in [3.8, 4) is 0 Å². The van der Waals surface area contributed by atoms with E-state index in [1.807, 2.05) is 35.7 Å². The molecule has 0 aliphatic carbocycles. The largest absolute Gasteiger partial charge is 0.353 e. The van der Waals surface area contributed by atoms with Gasteiger partial charge in [0.1, 0.15) is 0 Å². The molecule has 138 valence electrons. The molecule has 1 aromatic heterocycles. The number of aromatic nitrogens is 1. The average molecular weight is 372 g/mol. The van der Waals surface area contributed by atoms with Crippen LogP contribution >= 0.6 is 11.3 Å². The van der Waals surface area contributed by atoms with Crippen LogP contribution in [0.5, 0.6) is 0 Å². The maximum atomic E-state index is 12.1. The number of likely N-dealkylation sites (tertiary alicyclic amines) is 1. The summed E-state index contributed by atoms with van der Waals surface area (Å²) in [6, 6.07) is 10.3. The first-order valence-electron chi connectivity index (χ1n) is 8.94. The van der Waals surface area contributed by atoms with Gasteiger partial charge in [0.25, 0.3) is 0 Å². The van der Waals surface area contributed by atoms with Gasteiger partial charge < -0.3 is 10.6 Å². The van der Waals surface area contributed by atoms with Crippen molar-refractivity contribution in [1.29, 1.82) is 0 Å². The van der Waals surface area contributed by atoms with Crippen molar-refractivity contribution in [2.75, 3.05) is 25.0 Å². The van der Waals surface area contributed by atoms with E-state index in [9.17, 15) is 9.59 Å². The Morgan fingerprint density at radius 2 is 1.92 bits per heavy atom. The number of hydrogen-bond donors (Lipinski definition) is 2. The molecule has 0 atom stereocenters. The third kappa shape index (κ3) is 5.93. The van der Waals surface area contributed by atoms with E-state index < -0.39 is 0 Å². The van der Waals surface area contributed by atoms with E-state index in [2.05, 4.69) is 20.5 Å². The Balaban J connectivity index is 1.33. The number of nitrogens with one attached hydrogen (secondary N) is 2. The van der Waals surface area contributed by atoms with Crippen LogP contribution in [0, 0.1) is 0 Å². The molecule has 26 heavy (non-hydrogen) atoms. The summed E-state index contributed by atoms with van der Waals surface area (Å²) < 4.78 is 0. The molecule has 2 amide bonds. The topological polar surface area (TPSA) is 74.3 Å². The van der Waals surface area contributed by atoms with Crippen molar-refractivity contribution >= 4 is 28.3 Å². The van der Waals surface area contributed by atoms with Gasteiger partial charge in [0, 0.05) is 37.1 Å². The third-order valence-corrected chi connectivity index (χ3v) is 5.17. The molecule has 0 bridgehead atoms. The van der Waals surface area contributed by atoms with Crippen LogP contribution in [0.1, 0.15) is 24.8 Å². The zero-order valence-corrected chi connectivity index (χ0v) is 15.5. The molecule has 6 nitrogen and oxygen atoms in total. The van der Waals surface area contributed by atoms with Gasteiger partial charge >= 0.3 is 0 Å². The zero-order chi connectivity index (χ0) is 18.2. The lowest BCUT2D eigenvalue weighted by Crippen LogP contribution is -2.46. The van der Waals surface area contributed by atoms with E-state index in [0.717, 1.165) is 32.4 Å². The fourth-order valence-corrected chi connectivity index (χ4v) is 3.63. The van der Waals surface area contributed by atoms with Crippen molar-refractivity contribution < 1.29 is 9.59 Å². The summed E-state index contributed by atoms with van der Waals surface area (Å²) >= 11 is 1.41. The monoisotopic (exact) mass is 372 g/mol. The molecule has 0 radical (unpaired) electrons. The van der Waals surface area contributed by atoms with Gasteiger partial charge in [0.15, 0.2) is 5.13 Å². The quantitative estimate of drug-likeness (QED) is 0.782. The Labute approximate surface area is 157 Å². The van der Waals surface area contributed by atoms with Gasteiger partial charge in [-0.1, -0.05) is 30.3 Å². The van der Waals surface area contributed by atoms with Gasteiger partial charge in [-0.2, -0.15) is 0 Å². The number of piperidine rings is 1. The lowest BCUT2D eigenvalue weighted by atomic mass is 10.0. The van der Waals surface area contributed by atoms with Crippen LogP contribution in [0.2, 0.25) is 0 Å². The second kappa shape index (κ2) is 9.45. The van der Waals surface area contributed by atoms with Crippen molar-refractivity contribution in [3.63, 3.8) is 0 Å². The Hall–Kier alpha value is -2.25. The van der Waals surface area contributed by atoms with Crippen molar-refractivity contribution in [1.82, 2.24) is 15.2 Å². The Kier molecular flexibility index (Phi) is 6.74. The smallest absolute Gasteiger partial charge is 0.240 e. The van der Waals surface area contributed by atoms with Gasteiger partial charge in [-0.15, -0.1) is 11.3 Å². The molecule has 1 aliphatic heterocycles. The molecule has 1 aliphatic rings. The minimum Gasteiger partial charge on any atom is -0.353 e. The molecule has 1 aromatic carbocycles. The molecular formula is C19H24N4O2S. The van der Waals surface area contributed by atoms with E-state index in [1.165, 1.54) is 16.9 Å². The van der Waals surface area contributed by atoms with Crippen LogP contribution in [-0.2, 0) is 16.0 Å². The molecule has 1 saturated heterocycles. The van der Waals surface area contributed by atoms with Gasteiger partial charge in [0.2, 0.25) is 11.8 Å². The molecule has 1 fully saturated rings. The van der Waals surface area contributed by atoms with Crippen LogP contribution in [0.4, 0.5) is 5.13 Å². The number of rotatable bonds is 7. The number of hydrogen-bond acceptors (Lipinski definition) is 5. The number of carbonyl (C=O) groups excluding carboxylic acids is 2. The van der Waals surface area contributed by atoms with Gasteiger partial charge in [-0.05, 0) is 24.8 Å². The molecule has 0 saturated carbocycles. The van der Waals surface area contributed by atoms with E-state index in [4.69, 9.17) is 0 Å². The number of benzene rings is 1. The fraction of sp³-hybridized carbons (Fsp3) is 0.421. The predicted octanol–water partition coefficient (Wildman–Crippen LogP) is 2.29. The first-order valence-corrected chi connectivity index (χ1v) is 9.82. The maximum absolute atomic E-state index is 12.1. The number of aryl methyl sites for hydroxylation is 1. The minimum absolute atomic E-state index is 0.0368. The number of amides is 2. The predicted molar refractivity (Wildman–Crippen MR) is 103 cm³/mol. The summed E-state index contributed by atoms with van der Waals surface area (Å²) in [6.07, 6.45) is 4.71. The number of carbonyl (C=O) groups is 2. The van der Waals surface area contributed by atoms with E-state index in [1.54, 1.807) is 6.20 Å². The standard InChI is InChI=1S/C19H24N4O2S/c24-17(7-6-15-4-2-1-3-5-15)21-16-8-11-23(12-9-16)14-18(25)22-19-20-10-13-26-19/h1-5,10,13,16H,6-9,11-12,14H2,(H,21,24)(H,20,22,25). The second-order valence-electron chi connectivity index (χ2n) is 6.49. The average Bonchev–Trinajstić information content (AvgIpc) is 3.15. The highest BCUT2D eigenvalue weighted by atomic mass is 32.1. The zero-order valence-electron chi connectivity index (χ0n) is 14.7. The number of nitrogens with zero attached hydrogens (tertiary/aromatic N) is 2. The highest BCUT2D eigenvalue weighted by Gasteiger charge is 2.22. The summed E-state index contributed by atoms with van der Waals surface area (Å²) in [5, 5.41) is 8.40. The lowest BCUT2D eigenvalue weighted by molar-refractivity contribution is -0.122. The van der Waals surface area contributed by atoms with Crippen molar-refractivity contribution in [3.05, 3.63) is 47.5 Å². The Morgan fingerprint density at radius 1 is 1.15 bits per heavy atom. The molecule has 0 spiro atoms. The summed E-state index contributed by atoms with van der Waals surface area (Å²) in [5.74, 6) is 0.0686. The second-order valence-corrected chi connectivity index (χ2v) is 7.38. The van der Waals surface area contributed by atoms with E-state index in [-0.39, 0.29) is 17.9 Å². The summed E-state index contributed by atoms with van der Waals surface area (Å²) in [6.45, 7) is 2.00. The molecule has 3 rings (SSSR count). The molecule has 2 aromatic rings. The number of thiazole rings is 1. The molecule has 2 N–H and O–H groups in total. The molecule has 0 unspecified atom stereocenters. The third-order valence-electron chi connectivity index (χ3n) is 4.48. The molecule has 7 heteroatoms. The van der Waals surface area contributed by atoms with Crippen LogP contribution in [-0.4, -0.2) is 47.4 Å². The minimum atomic E-state index is -0.0368. The van der Waals surface area contributed by atoms with Crippen molar-refractivity contribution in [2.45, 2.75) is 31.7 Å². The van der Waals surface area contributed by atoms with Gasteiger partial charge in [-0.3, -0.25) is 14.5 Å². The lowest BCUT2D eigenvalue weighted by Gasteiger charge is -2.31. The van der Waals surface area contributed by atoms with Gasteiger partial charge in [-0.25, -0.2) is 4.98 Å². The molecule has 2 heterocycles. The SMILES string of the molecule is O=C(CN1CCC(NC(=O)CCc2ccccc2)CC1)Nc1nccs1. The van der Waals surface area contributed by atoms with Crippen LogP contribution in [0.25, 0.3) is 0 Å². The Bertz CT molecular complexity index is 698. The van der Waals surface area contributed by atoms with E-state index >= 15 is 0 Å². The van der Waals surface area contributed by atoms with E-state index in [0.29, 0.717) is 18.1 Å². The van der Waals surface area contributed by atoms with Gasteiger partial charge in [0.05, 0.1) is 6.54 Å². The first kappa shape index (κ1) is 18.5. The normalized spacial score (nSPS) is 15.5.